The van der Waals surface area contributed by atoms with Crippen LogP contribution in [0.15, 0.2) is 0 Å². The van der Waals surface area contributed by atoms with Crippen molar-refractivity contribution in [2.45, 2.75) is 32.7 Å². The zero-order valence-electron chi connectivity index (χ0n) is 11.7. The lowest BCUT2D eigenvalue weighted by Crippen LogP contribution is -2.46. The maximum atomic E-state index is 12.0. The minimum atomic E-state index is 0.184. The second-order valence-electron chi connectivity index (χ2n) is 4.82. The lowest BCUT2D eigenvalue weighted by Gasteiger charge is -2.30. The first-order valence-electron chi connectivity index (χ1n) is 7.00. The van der Waals surface area contributed by atoms with Crippen LogP contribution in [-0.2, 0) is 4.79 Å². The third kappa shape index (κ3) is 5.59. The number of thioether (sulfide) groups is 1. The number of rotatable bonds is 7. The van der Waals surface area contributed by atoms with E-state index in [-0.39, 0.29) is 11.9 Å². The minimum Gasteiger partial charge on any atom is -0.340 e. The van der Waals surface area contributed by atoms with E-state index < -0.39 is 0 Å². The highest BCUT2D eigenvalue weighted by Gasteiger charge is 2.20. The van der Waals surface area contributed by atoms with Crippen LogP contribution >= 0.6 is 11.8 Å². The summed E-state index contributed by atoms with van der Waals surface area (Å²) in [6, 6.07) is 0.184. The van der Waals surface area contributed by atoms with Gasteiger partial charge in [0, 0.05) is 31.4 Å². The summed E-state index contributed by atoms with van der Waals surface area (Å²) in [5.41, 5.74) is 5.89. The third-order valence-corrected chi connectivity index (χ3v) is 4.40. The highest BCUT2D eigenvalue weighted by molar-refractivity contribution is 7.99. The molecule has 1 aliphatic rings. The normalized spacial score (nSPS) is 20.4. The predicted molar refractivity (Wildman–Crippen MR) is 78.9 cm³/mol. The molecule has 0 aliphatic carbocycles. The van der Waals surface area contributed by atoms with Crippen LogP contribution in [0.25, 0.3) is 0 Å². The molecule has 0 aromatic rings. The summed E-state index contributed by atoms with van der Waals surface area (Å²) in [5, 5.41) is 0. The van der Waals surface area contributed by atoms with Crippen molar-refractivity contribution in [2.24, 2.45) is 5.73 Å². The van der Waals surface area contributed by atoms with Gasteiger partial charge in [0.25, 0.3) is 0 Å². The fourth-order valence-corrected chi connectivity index (χ4v) is 3.11. The number of nitrogens with zero attached hydrogens (tertiary/aromatic N) is 2. The Morgan fingerprint density at radius 2 is 2.17 bits per heavy atom. The summed E-state index contributed by atoms with van der Waals surface area (Å²) in [7, 11) is 0. The molecule has 18 heavy (non-hydrogen) atoms. The Labute approximate surface area is 115 Å². The lowest BCUT2D eigenvalue weighted by atomic mass is 10.1. The van der Waals surface area contributed by atoms with Crippen molar-refractivity contribution in [3.8, 4) is 0 Å². The molecule has 1 unspecified atom stereocenters. The van der Waals surface area contributed by atoms with E-state index in [1.165, 1.54) is 0 Å². The van der Waals surface area contributed by atoms with Crippen LogP contribution in [0.3, 0.4) is 0 Å². The molecule has 0 bridgehead atoms. The Bertz CT molecular complexity index is 246. The molecule has 0 aromatic carbocycles. The van der Waals surface area contributed by atoms with Gasteiger partial charge in [-0.1, -0.05) is 13.8 Å². The van der Waals surface area contributed by atoms with E-state index >= 15 is 0 Å². The molecule has 106 valence electrons. The third-order valence-electron chi connectivity index (χ3n) is 3.48. The molecule has 1 atom stereocenters. The van der Waals surface area contributed by atoms with Crippen molar-refractivity contribution in [2.75, 3.05) is 44.2 Å². The Kier molecular flexibility index (Phi) is 7.70. The summed E-state index contributed by atoms with van der Waals surface area (Å²) in [6.45, 7) is 9.24. The first-order valence-corrected chi connectivity index (χ1v) is 8.16. The highest BCUT2D eigenvalue weighted by Crippen LogP contribution is 2.11. The van der Waals surface area contributed by atoms with Crippen LogP contribution in [0.1, 0.15) is 26.7 Å². The molecule has 1 rings (SSSR count). The van der Waals surface area contributed by atoms with E-state index in [0.29, 0.717) is 5.75 Å². The van der Waals surface area contributed by atoms with Gasteiger partial charge in [0.1, 0.15) is 0 Å². The number of carbonyl (C=O) groups is 1. The topological polar surface area (TPSA) is 49.6 Å². The minimum absolute atomic E-state index is 0.184. The Balaban J connectivity index is 2.13. The molecule has 0 aromatic heterocycles. The van der Waals surface area contributed by atoms with E-state index in [4.69, 9.17) is 5.73 Å². The molecule has 1 saturated heterocycles. The van der Waals surface area contributed by atoms with Crippen molar-refractivity contribution in [3.63, 3.8) is 0 Å². The zero-order valence-corrected chi connectivity index (χ0v) is 12.5. The van der Waals surface area contributed by atoms with E-state index in [9.17, 15) is 4.79 Å². The quantitative estimate of drug-likeness (QED) is 0.703. The lowest BCUT2D eigenvalue weighted by molar-refractivity contribution is -0.129. The number of carbonyl (C=O) groups excluding carboxylic acids is 1. The Morgan fingerprint density at radius 1 is 1.44 bits per heavy atom. The average Bonchev–Trinajstić information content (AvgIpc) is 2.38. The van der Waals surface area contributed by atoms with Crippen molar-refractivity contribution in [3.05, 3.63) is 0 Å². The summed E-state index contributed by atoms with van der Waals surface area (Å²) in [4.78, 5) is 16.3. The van der Waals surface area contributed by atoms with Gasteiger partial charge in [0.2, 0.25) is 5.91 Å². The maximum Gasteiger partial charge on any atom is 0.232 e. The van der Waals surface area contributed by atoms with Crippen LogP contribution < -0.4 is 5.73 Å². The van der Waals surface area contributed by atoms with Gasteiger partial charge in [0.15, 0.2) is 0 Å². The van der Waals surface area contributed by atoms with Crippen LogP contribution in [0.2, 0.25) is 0 Å². The molecule has 1 aliphatic heterocycles. The molecule has 0 spiro atoms. The largest absolute Gasteiger partial charge is 0.340 e. The summed E-state index contributed by atoms with van der Waals surface area (Å²) < 4.78 is 0. The Hall–Kier alpha value is -0.260. The van der Waals surface area contributed by atoms with Crippen LogP contribution in [0, 0.1) is 0 Å². The summed E-state index contributed by atoms with van der Waals surface area (Å²) in [5.74, 6) is 1.90. The first kappa shape index (κ1) is 15.8. The van der Waals surface area contributed by atoms with E-state index in [1.807, 2.05) is 4.90 Å². The number of amides is 1. The van der Waals surface area contributed by atoms with Crippen molar-refractivity contribution < 1.29 is 4.79 Å². The monoisotopic (exact) mass is 273 g/mol. The van der Waals surface area contributed by atoms with Crippen LogP contribution in [-0.4, -0.2) is 66.0 Å². The Morgan fingerprint density at radius 3 is 2.78 bits per heavy atom. The van der Waals surface area contributed by atoms with Gasteiger partial charge in [0.05, 0.1) is 5.75 Å². The van der Waals surface area contributed by atoms with Gasteiger partial charge >= 0.3 is 0 Å². The fourth-order valence-electron chi connectivity index (χ4n) is 2.22. The number of hydrogen-bond acceptors (Lipinski definition) is 4. The van der Waals surface area contributed by atoms with Gasteiger partial charge in [-0.05, 0) is 25.9 Å². The standard InChI is InChI=1S/C13H27N3OS/c1-3-15(4-2)8-9-18-11-13(17)16-7-5-6-12(14)10-16/h12H,3-11,14H2,1-2H3. The number of hydrogen-bond donors (Lipinski definition) is 1. The SMILES string of the molecule is CCN(CC)CCSCC(=O)N1CCCC(N)C1. The molecule has 4 nitrogen and oxygen atoms in total. The van der Waals surface area contributed by atoms with Gasteiger partial charge in [-0.15, -0.1) is 0 Å². The molecule has 1 amide bonds. The van der Waals surface area contributed by atoms with E-state index in [2.05, 4.69) is 18.7 Å². The molecule has 1 heterocycles. The molecule has 2 N–H and O–H groups in total. The summed E-state index contributed by atoms with van der Waals surface area (Å²) in [6.07, 6.45) is 2.11. The smallest absolute Gasteiger partial charge is 0.232 e. The number of likely N-dealkylation sites (tertiary alicyclic amines) is 1. The van der Waals surface area contributed by atoms with Crippen molar-refractivity contribution in [1.82, 2.24) is 9.80 Å². The molecular weight excluding hydrogens is 246 g/mol. The second-order valence-corrected chi connectivity index (χ2v) is 5.93. The maximum absolute atomic E-state index is 12.0. The van der Waals surface area contributed by atoms with Gasteiger partial charge in [-0.3, -0.25) is 4.79 Å². The van der Waals surface area contributed by atoms with Gasteiger partial charge in [-0.2, -0.15) is 11.8 Å². The summed E-state index contributed by atoms with van der Waals surface area (Å²) >= 11 is 1.74. The second kappa shape index (κ2) is 8.77. The molecule has 0 radical (unpaired) electrons. The van der Waals surface area contributed by atoms with E-state index in [0.717, 1.165) is 51.3 Å². The van der Waals surface area contributed by atoms with Crippen LogP contribution in [0.4, 0.5) is 0 Å². The molecule has 0 saturated carbocycles. The van der Waals surface area contributed by atoms with Crippen molar-refractivity contribution in [1.29, 1.82) is 0 Å². The number of piperidine rings is 1. The fraction of sp³-hybridized carbons (Fsp3) is 0.923. The highest BCUT2D eigenvalue weighted by atomic mass is 32.2. The molecule has 1 fully saturated rings. The average molecular weight is 273 g/mol. The van der Waals surface area contributed by atoms with E-state index in [1.54, 1.807) is 11.8 Å². The number of nitrogens with two attached hydrogens (primary N) is 1. The van der Waals surface area contributed by atoms with Gasteiger partial charge < -0.3 is 15.5 Å². The van der Waals surface area contributed by atoms with Crippen molar-refractivity contribution >= 4 is 17.7 Å². The zero-order chi connectivity index (χ0) is 13.4. The first-order chi connectivity index (χ1) is 8.67. The molecule has 5 heteroatoms. The molecular formula is C13H27N3OS. The predicted octanol–water partition coefficient (Wildman–Crippen LogP) is 1.01. The van der Waals surface area contributed by atoms with Crippen LogP contribution in [0.5, 0.6) is 0 Å². The van der Waals surface area contributed by atoms with Gasteiger partial charge in [-0.25, -0.2) is 0 Å².